The Morgan fingerprint density at radius 1 is 1.52 bits per heavy atom. The quantitative estimate of drug-likeness (QED) is 0.267. The summed E-state index contributed by atoms with van der Waals surface area (Å²) < 4.78 is -1.62. The highest BCUT2D eigenvalue weighted by atomic mass is 79.9. The van der Waals surface area contributed by atoms with Crippen LogP contribution < -0.4 is 0 Å². The van der Waals surface area contributed by atoms with E-state index in [9.17, 15) is 19.7 Å². The van der Waals surface area contributed by atoms with Gasteiger partial charge >= 0.3 is 0 Å². The molecular weight excluding hydrogens is 366 g/mol. The molecule has 0 N–H and O–H groups in total. The molecule has 1 aliphatic rings. The number of ketones is 1. The van der Waals surface area contributed by atoms with Gasteiger partial charge in [-0.05, 0) is 13.0 Å². The first-order chi connectivity index (χ1) is 9.69. The molecular formula is C12H9BrClN3O4. The first kappa shape index (κ1) is 15.6. The molecule has 1 atom stereocenters. The lowest BCUT2D eigenvalue weighted by atomic mass is 9.93. The SMILES string of the molecule is CC1=NN(C)C(=O)C1(Br)C(=O)c1ccc([N+](=O)[O-])cc1Cl. The molecule has 0 saturated heterocycles. The maximum atomic E-state index is 12.6. The number of hydrazone groups is 1. The number of halogens is 2. The number of hydrogen-bond acceptors (Lipinski definition) is 5. The molecule has 1 aromatic rings. The van der Waals surface area contributed by atoms with E-state index < -0.39 is 20.9 Å². The second-order valence-electron chi connectivity index (χ2n) is 4.42. The van der Waals surface area contributed by atoms with Crippen molar-refractivity contribution < 1.29 is 14.5 Å². The lowest BCUT2D eigenvalue weighted by molar-refractivity contribution is -0.384. The summed E-state index contributed by atoms with van der Waals surface area (Å²) in [7, 11) is 1.43. The van der Waals surface area contributed by atoms with Gasteiger partial charge in [0.2, 0.25) is 4.32 Å². The molecule has 1 amide bonds. The van der Waals surface area contributed by atoms with Gasteiger partial charge in [-0.15, -0.1) is 0 Å². The third-order valence-electron chi connectivity index (χ3n) is 3.11. The molecule has 0 saturated carbocycles. The van der Waals surface area contributed by atoms with Gasteiger partial charge < -0.3 is 0 Å². The lowest BCUT2D eigenvalue weighted by Crippen LogP contribution is -2.46. The average molecular weight is 375 g/mol. The van der Waals surface area contributed by atoms with Gasteiger partial charge in [-0.1, -0.05) is 27.5 Å². The Morgan fingerprint density at radius 2 is 2.14 bits per heavy atom. The minimum absolute atomic E-state index is 0.0114. The molecule has 1 aliphatic heterocycles. The van der Waals surface area contributed by atoms with Gasteiger partial charge in [0.15, 0.2) is 5.78 Å². The standard InChI is InChI=1S/C12H9BrClN3O4/c1-6-12(13,11(19)16(2)15-6)10(18)8-4-3-7(17(20)21)5-9(8)14/h3-5H,1-2H3. The fraction of sp³-hybridized carbons (Fsp3) is 0.250. The summed E-state index contributed by atoms with van der Waals surface area (Å²) in [5.41, 5.74) is 0.0483. The van der Waals surface area contributed by atoms with Gasteiger partial charge in [-0.25, -0.2) is 5.01 Å². The van der Waals surface area contributed by atoms with Crippen molar-refractivity contribution in [3.63, 3.8) is 0 Å². The summed E-state index contributed by atoms with van der Waals surface area (Å²) in [6.45, 7) is 1.54. The number of nitro groups is 1. The van der Waals surface area contributed by atoms with E-state index in [1.54, 1.807) is 0 Å². The Balaban J connectivity index is 2.48. The zero-order valence-corrected chi connectivity index (χ0v) is 13.3. The van der Waals surface area contributed by atoms with Crippen molar-refractivity contribution in [2.45, 2.75) is 11.2 Å². The van der Waals surface area contributed by atoms with Crippen molar-refractivity contribution in [1.29, 1.82) is 0 Å². The number of hydrogen-bond donors (Lipinski definition) is 0. The molecule has 0 aliphatic carbocycles. The number of carbonyl (C=O) groups is 2. The molecule has 110 valence electrons. The van der Waals surface area contributed by atoms with E-state index in [1.807, 2.05) is 0 Å². The van der Waals surface area contributed by atoms with E-state index in [0.717, 1.165) is 17.1 Å². The van der Waals surface area contributed by atoms with Crippen molar-refractivity contribution in [3.05, 3.63) is 38.9 Å². The second-order valence-corrected chi connectivity index (χ2v) is 6.02. The Kier molecular flexibility index (Phi) is 3.85. The number of nitro benzene ring substituents is 1. The first-order valence-corrected chi connectivity index (χ1v) is 6.88. The highest BCUT2D eigenvalue weighted by molar-refractivity contribution is 9.11. The summed E-state index contributed by atoms with van der Waals surface area (Å²) in [6, 6.07) is 3.45. The van der Waals surface area contributed by atoms with Gasteiger partial charge in [-0.2, -0.15) is 5.10 Å². The molecule has 0 bridgehead atoms. The fourth-order valence-corrected chi connectivity index (χ4v) is 2.78. The molecule has 0 spiro atoms. The predicted octanol–water partition coefficient (Wildman–Crippen LogP) is 2.41. The van der Waals surface area contributed by atoms with Crippen molar-refractivity contribution in [2.24, 2.45) is 5.10 Å². The smallest absolute Gasteiger partial charge is 0.273 e. The van der Waals surface area contributed by atoms with E-state index in [0.29, 0.717) is 0 Å². The fourth-order valence-electron chi connectivity index (χ4n) is 1.97. The molecule has 0 aromatic heterocycles. The zero-order chi connectivity index (χ0) is 15.9. The minimum Gasteiger partial charge on any atom is -0.291 e. The van der Waals surface area contributed by atoms with Crippen molar-refractivity contribution in [1.82, 2.24) is 5.01 Å². The molecule has 2 rings (SSSR count). The normalized spacial score (nSPS) is 21.4. The first-order valence-electron chi connectivity index (χ1n) is 5.71. The van der Waals surface area contributed by atoms with E-state index in [-0.39, 0.29) is 22.0 Å². The molecule has 0 fully saturated rings. The molecule has 0 radical (unpaired) electrons. The summed E-state index contributed by atoms with van der Waals surface area (Å²) >= 11 is 9.07. The number of nitrogens with zero attached hydrogens (tertiary/aromatic N) is 3. The zero-order valence-electron chi connectivity index (χ0n) is 11.0. The van der Waals surface area contributed by atoms with Crippen LogP contribution in [0.25, 0.3) is 0 Å². The van der Waals surface area contributed by atoms with Crippen LogP contribution in [0.1, 0.15) is 17.3 Å². The van der Waals surface area contributed by atoms with Crippen LogP contribution in [0.5, 0.6) is 0 Å². The summed E-state index contributed by atoms with van der Waals surface area (Å²) in [6.07, 6.45) is 0. The van der Waals surface area contributed by atoms with Gasteiger partial charge in [0.1, 0.15) is 0 Å². The number of rotatable bonds is 3. The van der Waals surface area contributed by atoms with Crippen molar-refractivity contribution in [3.8, 4) is 0 Å². The van der Waals surface area contributed by atoms with E-state index in [4.69, 9.17) is 11.6 Å². The second kappa shape index (κ2) is 5.19. The molecule has 1 heterocycles. The summed E-state index contributed by atoms with van der Waals surface area (Å²) in [5.74, 6) is -1.16. The highest BCUT2D eigenvalue weighted by Crippen LogP contribution is 2.35. The van der Waals surface area contributed by atoms with Gasteiger partial charge in [0.05, 0.1) is 15.7 Å². The van der Waals surface area contributed by atoms with Gasteiger partial charge in [0.25, 0.3) is 11.6 Å². The molecule has 21 heavy (non-hydrogen) atoms. The number of carbonyl (C=O) groups excluding carboxylic acids is 2. The summed E-state index contributed by atoms with van der Waals surface area (Å²) in [4.78, 5) is 34.8. The van der Waals surface area contributed by atoms with Crippen LogP contribution in [-0.4, -0.2) is 38.7 Å². The molecule has 1 aromatic carbocycles. The van der Waals surface area contributed by atoms with Crippen LogP contribution >= 0.6 is 27.5 Å². The largest absolute Gasteiger partial charge is 0.291 e. The predicted molar refractivity (Wildman–Crippen MR) is 80.0 cm³/mol. The maximum Gasteiger partial charge on any atom is 0.273 e. The maximum absolute atomic E-state index is 12.6. The molecule has 1 unspecified atom stereocenters. The third-order valence-corrected chi connectivity index (χ3v) is 4.69. The van der Waals surface area contributed by atoms with Gasteiger partial charge in [0, 0.05) is 24.7 Å². The Labute approximate surface area is 132 Å². The van der Waals surface area contributed by atoms with Crippen LogP contribution in [0.4, 0.5) is 5.69 Å². The number of Topliss-reactive ketones (excluding diaryl/α,β-unsaturated/α-hetero) is 1. The number of alkyl halides is 1. The lowest BCUT2D eigenvalue weighted by Gasteiger charge is -2.19. The number of amides is 1. The van der Waals surface area contributed by atoms with E-state index >= 15 is 0 Å². The Hall–Kier alpha value is -1.80. The third kappa shape index (κ3) is 2.34. The van der Waals surface area contributed by atoms with Crippen LogP contribution in [0, 0.1) is 10.1 Å². The van der Waals surface area contributed by atoms with Crippen molar-refractivity contribution >= 4 is 50.6 Å². The number of benzene rings is 1. The van der Waals surface area contributed by atoms with Crippen LogP contribution in [0.2, 0.25) is 5.02 Å². The monoisotopic (exact) mass is 373 g/mol. The Bertz CT molecular complexity index is 706. The van der Waals surface area contributed by atoms with Crippen LogP contribution in [0.15, 0.2) is 23.3 Å². The van der Waals surface area contributed by atoms with Crippen LogP contribution in [-0.2, 0) is 4.79 Å². The van der Waals surface area contributed by atoms with Gasteiger partial charge in [-0.3, -0.25) is 19.7 Å². The molecule has 9 heteroatoms. The van der Waals surface area contributed by atoms with Crippen LogP contribution in [0.3, 0.4) is 0 Å². The van der Waals surface area contributed by atoms with E-state index in [1.165, 1.54) is 20.0 Å². The summed E-state index contributed by atoms with van der Waals surface area (Å²) in [5, 5.41) is 15.6. The van der Waals surface area contributed by atoms with Crippen molar-refractivity contribution in [2.75, 3.05) is 7.05 Å². The Morgan fingerprint density at radius 3 is 2.57 bits per heavy atom. The average Bonchev–Trinajstić information content (AvgIpc) is 2.62. The van der Waals surface area contributed by atoms with E-state index in [2.05, 4.69) is 21.0 Å². The minimum atomic E-state index is -1.62. The highest BCUT2D eigenvalue weighted by Gasteiger charge is 2.52. The topological polar surface area (TPSA) is 92.9 Å². The number of non-ortho nitro benzene ring substituents is 1. The molecule has 7 nitrogen and oxygen atoms in total.